The van der Waals surface area contributed by atoms with Crippen molar-refractivity contribution >= 4 is 11.9 Å². The van der Waals surface area contributed by atoms with Gasteiger partial charge in [-0.3, -0.25) is 4.79 Å². The van der Waals surface area contributed by atoms with E-state index in [9.17, 15) is 9.59 Å². The highest BCUT2D eigenvalue weighted by molar-refractivity contribution is 5.89. The highest BCUT2D eigenvalue weighted by atomic mass is 16.6. The molecule has 1 aliphatic heterocycles. The predicted molar refractivity (Wildman–Crippen MR) is 42.4 cm³/mol. The van der Waals surface area contributed by atoms with Crippen molar-refractivity contribution in [1.82, 2.24) is 0 Å². The molecule has 0 aromatic heterocycles. The zero-order chi connectivity index (χ0) is 10.9. The van der Waals surface area contributed by atoms with E-state index in [1.54, 1.807) is 0 Å². The highest BCUT2D eigenvalue weighted by Gasteiger charge is 2.36. The summed E-state index contributed by atoms with van der Waals surface area (Å²) in [5, 5.41) is 26.4. The van der Waals surface area contributed by atoms with E-state index in [2.05, 4.69) is 4.74 Å². The molecule has 0 radical (unpaired) electrons. The van der Waals surface area contributed by atoms with E-state index in [0.717, 1.165) is 0 Å². The van der Waals surface area contributed by atoms with Crippen LogP contribution in [0.5, 0.6) is 0 Å². The van der Waals surface area contributed by atoms with Gasteiger partial charge in [0, 0.05) is 6.42 Å². The summed E-state index contributed by atoms with van der Waals surface area (Å²) in [5.74, 6) is -3.93. The Balaban J connectivity index is 2.66. The first-order valence-corrected chi connectivity index (χ1v) is 3.75. The average molecular weight is 203 g/mol. The first kappa shape index (κ1) is 10.3. The highest BCUT2D eigenvalue weighted by Crippen LogP contribution is 2.21. The van der Waals surface area contributed by atoms with Crippen LogP contribution in [0.2, 0.25) is 0 Å². The average Bonchev–Trinajstić information content (AvgIpc) is 2.33. The van der Waals surface area contributed by atoms with Gasteiger partial charge >= 0.3 is 11.9 Å². The number of hydrogen-bond acceptors (Lipinski definition) is 6. The minimum atomic E-state index is -1.28. The second-order valence-corrected chi connectivity index (χ2v) is 2.81. The maximum absolute atomic E-state index is 10.7. The second-order valence-electron chi connectivity index (χ2n) is 2.81. The minimum absolute atomic E-state index is 0.281. The van der Waals surface area contributed by atoms with Gasteiger partial charge in [-0.25, -0.2) is 4.79 Å². The molecule has 0 aliphatic carbocycles. The van der Waals surface area contributed by atoms with E-state index in [4.69, 9.17) is 21.1 Å². The molecule has 0 aromatic carbocycles. The van der Waals surface area contributed by atoms with E-state index < -0.39 is 35.6 Å². The lowest BCUT2D eigenvalue weighted by molar-refractivity contribution is -0.145. The molecule has 1 rings (SSSR count). The summed E-state index contributed by atoms with van der Waals surface area (Å²) in [7, 11) is 0. The van der Waals surface area contributed by atoms with Gasteiger partial charge in [0.25, 0.3) is 0 Å². The standard InChI is InChI=1S/C7H9NO6/c8-2(6(11)12)1-3-4(9)5(10)7(13)14-3/h2-3,9-10H,1,8H2,(H,11,12). The number of carbonyl (C=O) groups is 2. The van der Waals surface area contributed by atoms with E-state index in [1.165, 1.54) is 0 Å². The van der Waals surface area contributed by atoms with Crippen molar-refractivity contribution in [3.05, 3.63) is 11.5 Å². The molecule has 0 amide bonds. The maximum atomic E-state index is 10.7. The number of carboxylic acids is 1. The number of cyclic esters (lactones) is 1. The Bertz CT molecular complexity index is 309. The lowest BCUT2D eigenvalue weighted by Crippen LogP contribution is -2.34. The van der Waals surface area contributed by atoms with Crippen LogP contribution in [-0.2, 0) is 14.3 Å². The smallest absolute Gasteiger partial charge is 0.377 e. The number of carboxylic acid groups (broad SMARTS) is 1. The molecule has 14 heavy (non-hydrogen) atoms. The number of ether oxygens (including phenoxy) is 1. The van der Waals surface area contributed by atoms with Crippen molar-refractivity contribution < 1.29 is 29.6 Å². The van der Waals surface area contributed by atoms with Crippen LogP contribution in [-0.4, -0.2) is 39.4 Å². The van der Waals surface area contributed by atoms with Crippen molar-refractivity contribution in [1.29, 1.82) is 0 Å². The Labute approximate surface area is 78.4 Å². The van der Waals surface area contributed by atoms with Crippen molar-refractivity contribution in [2.24, 2.45) is 5.73 Å². The summed E-state index contributed by atoms with van der Waals surface area (Å²) < 4.78 is 4.45. The Morgan fingerprint density at radius 1 is 1.57 bits per heavy atom. The Morgan fingerprint density at radius 2 is 2.14 bits per heavy atom. The van der Waals surface area contributed by atoms with Crippen molar-refractivity contribution in [3.8, 4) is 0 Å². The van der Waals surface area contributed by atoms with Crippen molar-refractivity contribution in [3.63, 3.8) is 0 Å². The molecule has 7 nitrogen and oxygen atoms in total. The molecule has 1 heterocycles. The molecule has 0 bridgehead atoms. The quantitative estimate of drug-likeness (QED) is 0.434. The van der Waals surface area contributed by atoms with Crippen LogP contribution in [0.4, 0.5) is 0 Å². The first-order chi connectivity index (χ1) is 6.43. The van der Waals surface area contributed by atoms with Gasteiger partial charge in [0.05, 0.1) is 0 Å². The van der Waals surface area contributed by atoms with Crippen LogP contribution in [0.25, 0.3) is 0 Å². The van der Waals surface area contributed by atoms with Gasteiger partial charge in [-0.2, -0.15) is 0 Å². The van der Waals surface area contributed by atoms with Crippen LogP contribution < -0.4 is 5.73 Å². The lowest BCUT2D eigenvalue weighted by Gasteiger charge is -2.12. The monoisotopic (exact) mass is 203 g/mol. The molecule has 0 saturated heterocycles. The number of aliphatic hydroxyl groups is 2. The van der Waals surface area contributed by atoms with Gasteiger partial charge in [-0.15, -0.1) is 0 Å². The fraction of sp³-hybridized carbons (Fsp3) is 0.429. The van der Waals surface area contributed by atoms with Crippen LogP contribution in [0.3, 0.4) is 0 Å². The van der Waals surface area contributed by atoms with Gasteiger partial charge < -0.3 is 25.8 Å². The van der Waals surface area contributed by atoms with Gasteiger partial charge in [0.15, 0.2) is 11.9 Å². The molecule has 2 unspecified atom stereocenters. The molecule has 2 atom stereocenters. The fourth-order valence-corrected chi connectivity index (χ4v) is 0.989. The Kier molecular flexibility index (Phi) is 2.61. The third-order valence-electron chi connectivity index (χ3n) is 1.78. The van der Waals surface area contributed by atoms with Crippen LogP contribution >= 0.6 is 0 Å². The summed E-state index contributed by atoms with van der Waals surface area (Å²) in [6.45, 7) is 0. The minimum Gasteiger partial charge on any atom is -0.505 e. The molecule has 0 saturated carbocycles. The third kappa shape index (κ3) is 1.77. The van der Waals surface area contributed by atoms with Gasteiger partial charge in [-0.05, 0) is 0 Å². The number of esters is 1. The Morgan fingerprint density at radius 3 is 2.50 bits per heavy atom. The first-order valence-electron chi connectivity index (χ1n) is 3.75. The lowest BCUT2D eigenvalue weighted by atomic mass is 10.1. The summed E-state index contributed by atoms with van der Waals surface area (Å²) in [6, 6.07) is -1.26. The van der Waals surface area contributed by atoms with Crippen LogP contribution in [0.1, 0.15) is 6.42 Å². The second kappa shape index (κ2) is 3.54. The zero-order valence-electron chi connectivity index (χ0n) is 7.01. The topological polar surface area (TPSA) is 130 Å². The number of hydrogen-bond donors (Lipinski definition) is 4. The van der Waals surface area contributed by atoms with Crippen molar-refractivity contribution in [2.45, 2.75) is 18.6 Å². The summed E-state index contributed by atoms with van der Waals surface area (Å²) in [6.07, 6.45) is -1.45. The maximum Gasteiger partial charge on any atom is 0.377 e. The van der Waals surface area contributed by atoms with Gasteiger partial charge in [-0.1, -0.05) is 0 Å². The van der Waals surface area contributed by atoms with Gasteiger partial charge in [0.2, 0.25) is 5.76 Å². The van der Waals surface area contributed by atoms with Gasteiger partial charge in [0.1, 0.15) is 6.04 Å². The van der Waals surface area contributed by atoms with Crippen LogP contribution in [0.15, 0.2) is 11.5 Å². The molecule has 0 spiro atoms. The number of carbonyl (C=O) groups excluding carboxylic acids is 1. The number of aliphatic carboxylic acids is 1. The summed E-state index contributed by atoms with van der Waals surface area (Å²) in [4.78, 5) is 21.0. The van der Waals surface area contributed by atoms with E-state index in [1.807, 2.05) is 0 Å². The molecule has 1 aliphatic rings. The molecule has 0 fully saturated rings. The zero-order valence-corrected chi connectivity index (χ0v) is 7.01. The van der Waals surface area contributed by atoms with E-state index >= 15 is 0 Å². The van der Waals surface area contributed by atoms with Crippen molar-refractivity contribution in [2.75, 3.05) is 0 Å². The number of nitrogens with two attached hydrogens (primary N) is 1. The molecule has 5 N–H and O–H groups in total. The molecule has 78 valence electrons. The summed E-state index contributed by atoms with van der Waals surface area (Å²) in [5.41, 5.74) is 5.14. The molecule has 0 aromatic rings. The largest absolute Gasteiger partial charge is 0.505 e. The molecular weight excluding hydrogens is 194 g/mol. The van der Waals surface area contributed by atoms with Crippen LogP contribution in [0, 0.1) is 0 Å². The van der Waals surface area contributed by atoms with E-state index in [0.29, 0.717) is 0 Å². The SMILES string of the molecule is NC(CC1OC(=O)C(O)=C1O)C(=O)O. The molecule has 7 heteroatoms. The number of aliphatic hydroxyl groups excluding tert-OH is 2. The predicted octanol–water partition coefficient (Wildman–Crippen LogP) is -0.959. The summed E-state index contributed by atoms with van der Waals surface area (Å²) >= 11 is 0. The number of rotatable bonds is 3. The molecular formula is C7H9NO6. The normalized spacial score (nSPS) is 23.5. The van der Waals surface area contributed by atoms with E-state index in [-0.39, 0.29) is 6.42 Å². The fourth-order valence-electron chi connectivity index (χ4n) is 0.989. The Hall–Kier alpha value is -1.76. The third-order valence-corrected chi connectivity index (χ3v) is 1.78.